The van der Waals surface area contributed by atoms with Crippen molar-refractivity contribution in [3.05, 3.63) is 42.0 Å². The lowest BCUT2D eigenvalue weighted by Crippen LogP contribution is -2.13. The summed E-state index contributed by atoms with van der Waals surface area (Å²) < 4.78 is 41.3. The van der Waals surface area contributed by atoms with Crippen LogP contribution in [0.25, 0.3) is 0 Å². The number of hydrogen-bond acceptors (Lipinski definition) is 4. The van der Waals surface area contributed by atoms with Gasteiger partial charge in [-0.25, -0.2) is 12.8 Å². The minimum absolute atomic E-state index is 0.00890. The molecule has 0 fully saturated rings. The number of aromatic nitrogens is 2. The SMILES string of the molecule is Cc1cc(F)ccc1NS(=O)(=O)c1cnn(CCCO)c1. The molecule has 0 saturated carbocycles. The molecule has 1 aromatic heterocycles. The maximum absolute atomic E-state index is 13.0. The fraction of sp³-hybridized carbons (Fsp3) is 0.308. The quantitative estimate of drug-likeness (QED) is 0.847. The number of hydrogen-bond donors (Lipinski definition) is 2. The van der Waals surface area contributed by atoms with E-state index in [-0.39, 0.29) is 11.5 Å². The van der Waals surface area contributed by atoms with Gasteiger partial charge in [0.05, 0.1) is 11.9 Å². The first-order valence-electron chi connectivity index (χ1n) is 6.34. The van der Waals surface area contributed by atoms with Gasteiger partial charge in [-0.15, -0.1) is 0 Å². The van der Waals surface area contributed by atoms with Gasteiger partial charge in [0.1, 0.15) is 10.7 Å². The van der Waals surface area contributed by atoms with E-state index in [9.17, 15) is 12.8 Å². The molecule has 114 valence electrons. The van der Waals surface area contributed by atoms with E-state index in [1.165, 1.54) is 35.3 Å². The van der Waals surface area contributed by atoms with E-state index in [4.69, 9.17) is 5.11 Å². The summed E-state index contributed by atoms with van der Waals surface area (Å²) in [7, 11) is -3.77. The van der Waals surface area contributed by atoms with Crippen LogP contribution in [0, 0.1) is 12.7 Å². The topological polar surface area (TPSA) is 84.2 Å². The summed E-state index contributed by atoms with van der Waals surface area (Å²) in [6, 6.07) is 3.82. The highest BCUT2D eigenvalue weighted by Gasteiger charge is 2.17. The second kappa shape index (κ2) is 6.23. The van der Waals surface area contributed by atoms with E-state index in [2.05, 4.69) is 9.82 Å². The third-order valence-corrected chi connectivity index (χ3v) is 4.22. The second-order valence-electron chi connectivity index (χ2n) is 4.58. The predicted octanol–water partition coefficient (Wildman–Crippen LogP) is 1.51. The molecule has 0 saturated heterocycles. The molecule has 0 aliphatic carbocycles. The van der Waals surface area contributed by atoms with Crippen LogP contribution in [0.5, 0.6) is 0 Å². The number of nitrogens with one attached hydrogen (secondary N) is 1. The Morgan fingerprint density at radius 1 is 1.43 bits per heavy atom. The first-order chi connectivity index (χ1) is 9.92. The number of aliphatic hydroxyl groups excluding tert-OH is 1. The van der Waals surface area contributed by atoms with Crippen molar-refractivity contribution >= 4 is 15.7 Å². The summed E-state index contributed by atoms with van der Waals surface area (Å²) in [5, 5.41) is 12.7. The Hall–Kier alpha value is -1.93. The lowest BCUT2D eigenvalue weighted by molar-refractivity contribution is 0.277. The molecule has 0 amide bonds. The van der Waals surface area contributed by atoms with Gasteiger partial charge in [-0.2, -0.15) is 5.10 Å². The van der Waals surface area contributed by atoms with Crippen molar-refractivity contribution in [1.82, 2.24) is 9.78 Å². The summed E-state index contributed by atoms with van der Waals surface area (Å²) in [5.41, 5.74) is 0.811. The number of nitrogens with zero attached hydrogens (tertiary/aromatic N) is 2. The molecular weight excluding hydrogens is 297 g/mol. The minimum Gasteiger partial charge on any atom is -0.396 e. The van der Waals surface area contributed by atoms with Crippen molar-refractivity contribution in [2.24, 2.45) is 0 Å². The molecular formula is C13H16FN3O3S. The zero-order chi connectivity index (χ0) is 15.5. The Morgan fingerprint density at radius 3 is 2.86 bits per heavy atom. The first-order valence-corrected chi connectivity index (χ1v) is 7.83. The van der Waals surface area contributed by atoms with Crippen molar-refractivity contribution in [3.8, 4) is 0 Å². The van der Waals surface area contributed by atoms with Gasteiger partial charge in [0, 0.05) is 19.3 Å². The van der Waals surface area contributed by atoms with Gasteiger partial charge in [0.2, 0.25) is 0 Å². The lowest BCUT2D eigenvalue weighted by atomic mass is 10.2. The molecule has 2 rings (SSSR count). The molecule has 2 N–H and O–H groups in total. The van der Waals surface area contributed by atoms with Crippen LogP contribution in [-0.2, 0) is 16.6 Å². The maximum Gasteiger partial charge on any atom is 0.265 e. The molecule has 2 aromatic rings. The van der Waals surface area contributed by atoms with Gasteiger partial charge in [0.25, 0.3) is 10.0 Å². The van der Waals surface area contributed by atoms with Crippen LogP contribution >= 0.6 is 0 Å². The van der Waals surface area contributed by atoms with Crippen molar-refractivity contribution in [3.63, 3.8) is 0 Å². The van der Waals surface area contributed by atoms with Crippen LogP contribution in [0.2, 0.25) is 0 Å². The van der Waals surface area contributed by atoms with Crippen molar-refractivity contribution < 1.29 is 17.9 Å². The largest absolute Gasteiger partial charge is 0.396 e. The normalized spacial score (nSPS) is 11.6. The van der Waals surface area contributed by atoms with Crippen LogP contribution in [0.1, 0.15) is 12.0 Å². The highest BCUT2D eigenvalue weighted by atomic mass is 32.2. The van der Waals surface area contributed by atoms with Crippen LogP contribution in [0.15, 0.2) is 35.5 Å². The fourth-order valence-corrected chi connectivity index (χ4v) is 2.87. The third-order valence-electron chi connectivity index (χ3n) is 2.90. The van der Waals surface area contributed by atoms with Gasteiger partial charge in [-0.3, -0.25) is 9.40 Å². The van der Waals surface area contributed by atoms with Crippen molar-refractivity contribution in [1.29, 1.82) is 0 Å². The van der Waals surface area contributed by atoms with Crippen LogP contribution in [0.3, 0.4) is 0 Å². The Morgan fingerprint density at radius 2 is 2.19 bits per heavy atom. The molecule has 0 radical (unpaired) electrons. The summed E-state index contributed by atoms with van der Waals surface area (Å²) in [5.74, 6) is -0.424. The van der Waals surface area contributed by atoms with Crippen LogP contribution < -0.4 is 4.72 Å². The van der Waals surface area contributed by atoms with E-state index >= 15 is 0 Å². The monoisotopic (exact) mass is 313 g/mol. The summed E-state index contributed by atoms with van der Waals surface area (Å²) in [4.78, 5) is 0.0177. The number of sulfonamides is 1. The molecule has 8 heteroatoms. The molecule has 0 aliphatic heterocycles. The Labute approximate surface area is 122 Å². The van der Waals surface area contributed by atoms with E-state index in [1.54, 1.807) is 6.92 Å². The van der Waals surface area contributed by atoms with Crippen LogP contribution in [-0.4, -0.2) is 29.9 Å². The lowest BCUT2D eigenvalue weighted by Gasteiger charge is -2.09. The highest BCUT2D eigenvalue weighted by Crippen LogP contribution is 2.20. The average Bonchev–Trinajstić information content (AvgIpc) is 2.89. The van der Waals surface area contributed by atoms with Crippen LogP contribution in [0.4, 0.5) is 10.1 Å². The van der Waals surface area contributed by atoms with Crippen molar-refractivity contribution in [2.75, 3.05) is 11.3 Å². The number of anilines is 1. The molecule has 0 atom stereocenters. The average molecular weight is 313 g/mol. The second-order valence-corrected chi connectivity index (χ2v) is 6.26. The number of aryl methyl sites for hydroxylation is 2. The first kappa shape index (κ1) is 15.5. The summed E-state index contributed by atoms with van der Waals surface area (Å²) in [6.07, 6.45) is 3.11. The number of rotatable bonds is 6. The van der Waals surface area contributed by atoms with Crippen molar-refractivity contribution in [2.45, 2.75) is 24.8 Å². The molecule has 1 heterocycles. The predicted molar refractivity (Wildman–Crippen MR) is 75.9 cm³/mol. The van der Waals surface area contributed by atoms with Gasteiger partial charge >= 0.3 is 0 Å². The Kier molecular flexibility index (Phi) is 4.59. The smallest absolute Gasteiger partial charge is 0.265 e. The summed E-state index contributed by atoms with van der Waals surface area (Å²) >= 11 is 0. The summed E-state index contributed by atoms with van der Waals surface area (Å²) in [6.45, 7) is 2.06. The Balaban J connectivity index is 2.19. The molecule has 0 bridgehead atoms. The molecule has 1 aromatic carbocycles. The van der Waals surface area contributed by atoms with E-state index in [0.29, 0.717) is 24.2 Å². The molecule has 0 aliphatic rings. The van der Waals surface area contributed by atoms with Gasteiger partial charge in [0.15, 0.2) is 0 Å². The molecule has 6 nitrogen and oxygen atoms in total. The van der Waals surface area contributed by atoms with Gasteiger partial charge in [-0.05, 0) is 37.1 Å². The van der Waals surface area contributed by atoms with Gasteiger partial charge in [-0.1, -0.05) is 0 Å². The van der Waals surface area contributed by atoms with Gasteiger partial charge < -0.3 is 5.11 Å². The zero-order valence-corrected chi connectivity index (χ0v) is 12.3. The number of halogens is 1. The maximum atomic E-state index is 13.0. The molecule has 21 heavy (non-hydrogen) atoms. The fourth-order valence-electron chi connectivity index (χ4n) is 1.78. The number of aliphatic hydroxyl groups is 1. The third kappa shape index (κ3) is 3.79. The molecule has 0 spiro atoms. The zero-order valence-electron chi connectivity index (χ0n) is 11.5. The van der Waals surface area contributed by atoms with E-state index in [1.807, 2.05) is 0 Å². The highest BCUT2D eigenvalue weighted by molar-refractivity contribution is 7.92. The molecule has 0 unspecified atom stereocenters. The van der Waals surface area contributed by atoms with E-state index in [0.717, 1.165) is 0 Å². The minimum atomic E-state index is -3.77. The number of benzene rings is 1. The standard InChI is InChI=1S/C13H16FN3O3S/c1-10-7-11(14)3-4-13(10)16-21(19,20)12-8-15-17(9-12)5-2-6-18/h3-4,7-9,16,18H,2,5-6H2,1H3. The Bertz CT molecular complexity index is 728. The van der Waals surface area contributed by atoms with E-state index < -0.39 is 15.8 Å².